The number of benzene rings is 2. The molecule has 3 aromatic rings. The number of rotatable bonds is 8. The van der Waals surface area contributed by atoms with E-state index in [9.17, 15) is 13.2 Å². The molecular weight excluding hydrogens is 392 g/mol. The first-order valence-electron chi connectivity index (χ1n) is 9.05. The van der Waals surface area contributed by atoms with Crippen LogP contribution in [0.4, 0.5) is 5.69 Å². The fourth-order valence-electron chi connectivity index (χ4n) is 2.73. The molecule has 0 aliphatic carbocycles. The van der Waals surface area contributed by atoms with Gasteiger partial charge in [-0.2, -0.15) is 13.5 Å². The van der Waals surface area contributed by atoms with Crippen molar-refractivity contribution in [1.29, 1.82) is 0 Å². The van der Waals surface area contributed by atoms with Crippen molar-refractivity contribution in [2.24, 2.45) is 0 Å². The lowest BCUT2D eigenvalue weighted by molar-refractivity contribution is 0.0936. The summed E-state index contributed by atoms with van der Waals surface area (Å²) in [5.74, 6) is 0.0918. The van der Waals surface area contributed by atoms with Gasteiger partial charge in [-0.15, -0.1) is 0 Å². The highest BCUT2D eigenvalue weighted by molar-refractivity contribution is 7.92. The smallest absolute Gasteiger partial charge is 0.279 e. The zero-order valence-electron chi connectivity index (χ0n) is 16.0. The second-order valence-corrected chi connectivity index (χ2v) is 7.90. The Morgan fingerprint density at radius 1 is 1.14 bits per heavy atom. The molecule has 1 unspecified atom stereocenters. The van der Waals surface area contributed by atoms with Gasteiger partial charge in [0.25, 0.3) is 15.9 Å². The molecule has 0 spiro atoms. The van der Waals surface area contributed by atoms with Crippen LogP contribution in [-0.2, 0) is 10.0 Å². The largest absolute Gasteiger partial charge is 0.494 e. The number of amides is 1. The first kappa shape index (κ1) is 20.4. The van der Waals surface area contributed by atoms with Gasteiger partial charge in [-0.25, -0.2) is 0 Å². The molecule has 0 fully saturated rings. The lowest BCUT2D eigenvalue weighted by Crippen LogP contribution is -2.28. The summed E-state index contributed by atoms with van der Waals surface area (Å²) in [4.78, 5) is 12.6. The van der Waals surface area contributed by atoms with Gasteiger partial charge in [0.15, 0.2) is 5.03 Å². The molecule has 2 aromatic carbocycles. The van der Waals surface area contributed by atoms with Gasteiger partial charge in [-0.1, -0.05) is 30.3 Å². The van der Waals surface area contributed by atoms with E-state index in [2.05, 4.69) is 20.2 Å². The van der Waals surface area contributed by atoms with E-state index in [1.165, 1.54) is 6.20 Å². The fourth-order valence-corrected chi connectivity index (χ4v) is 3.89. The summed E-state index contributed by atoms with van der Waals surface area (Å²) in [5.41, 5.74) is 1.18. The summed E-state index contributed by atoms with van der Waals surface area (Å²) in [6, 6.07) is 15.5. The van der Waals surface area contributed by atoms with Crippen molar-refractivity contribution in [2.75, 3.05) is 11.3 Å². The van der Waals surface area contributed by atoms with Crippen molar-refractivity contribution in [3.63, 3.8) is 0 Å². The minimum Gasteiger partial charge on any atom is -0.494 e. The first-order valence-corrected chi connectivity index (χ1v) is 10.5. The molecule has 3 rings (SSSR count). The van der Waals surface area contributed by atoms with Crippen LogP contribution in [0.15, 0.2) is 65.8 Å². The molecule has 0 saturated carbocycles. The second-order valence-electron chi connectivity index (χ2n) is 6.28. The standard InChI is InChI=1S/C20H22N4O4S/c1-3-28-17-11-9-16(10-12-17)24-29(26,27)20-18(13-21-23-20)19(25)22-14(2)15-7-5-4-6-8-15/h4-14,24H,3H2,1-2H3,(H,21,23)(H,22,25). The molecule has 1 aromatic heterocycles. The Balaban J connectivity index is 1.76. The molecular formula is C20H22N4O4S. The fraction of sp³-hybridized carbons (Fsp3) is 0.200. The van der Waals surface area contributed by atoms with Gasteiger partial charge in [0.05, 0.1) is 24.4 Å². The third-order valence-electron chi connectivity index (χ3n) is 4.18. The van der Waals surface area contributed by atoms with E-state index in [-0.39, 0.29) is 16.6 Å². The summed E-state index contributed by atoms with van der Waals surface area (Å²) in [5, 5.41) is 8.64. The summed E-state index contributed by atoms with van der Waals surface area (Å²) < 4.78 is 33.3. The number of aromatic nitrogens is 2. The number of nitrogens with zero attached hydrogens (tertiary/aromatic N) is 1. The van der Waals surface area contributed by atoms with Crippen LogP contribution in [0.5, 0.6) is 5.75 Å². The number of ether oxygens (including phenoxy) is 1. The SMILES string of the molecule is CCOc1ccc(NS(=O)(=O)c2[nH]ncc2C(=O)NC(C)c2ccccc2)cc1. The predicted molar refractivity (Wildman–Crippen MR) is 109 cm³/mol. The molecule has 1 atom stereocenters. The monoisotopic (exact) mass is 414 g/mol. The van der Waals surface area contributed by atoms with Crippen LogP contribution in [0.2, 0.25) is 0 Å². The van der Waals surface area contributed by atoms with Gasteiger partial charge < -0.3 is 10.1 Å². The molecule has 1 heterocycles. The lowest BCUT2D eigenvalue weighted by atomic mass is 10.1. The molecule has 1 amide bonds. The summed E-state index contributed by atoms with van der Waals surface area (Å²) in [6.45, 7) is 4.19. The highest BCUT2D eigenvalue weighted by atomic mass is 32.2. The number of hydrogen-bond acceptors (Lipinski definition) is 5. The number of nitrogens with one attached hydrogen (secondary N) is 3. The number of carbonyl (C=O) groups is 1. The predicted octanol–water partition coefficient (Wildman–Crippen LogP) is 3.10. The van der Waals surface area contributed by atoms with Crippen molar-refractivity contribution in [2.45, 2.75) is 24.9 Å². The van der Waals surface area contributed by atoms with Crippen LogP contribution >= 0.6 is 0 Å². The minimum atomic E-state index is -4.04. The van der Waals surface area contributed by atoms with Crippen LogP contribution in [0.25, 0.3) is 0 Å². The van der Waals surface area contributed by atoms with Crippen molar-refractivity contribution < 1.29 is 17.9 Å². The maximum Gasteiger partial charge on any atom is 0.279 e. The second kappa shape index (κ2) is 8.78. The minimum absolute atomic E-state index is 0.0637. The van der Waals surface area contributed by atoms with E-state index in [0.29, 0.717) is 18.0 Å². The molecule has 0 radical (unpaired) electrons. The molecule has 152 valence electrons. The number of aromatic amines is 1. The van der Waals surface area contributed by atoms with E-state index in [1.54, 1.807) is 24.3 Å². The van der Waals surface area contributed by atoms with Gasteiger partial charge in [-0.05, 0) is 43.7 Å². The molecule has 29 heavy (non-hydrogen) atoms. The molecule has 0 aliphatic heterocycles. The number of hydrogen-bond donors (Lipinski definition) is 3. The van der Waals surface area contributed by atoms with E-state index in [1.807, 2.05) is 44.2 Å². The number of H-pyrrole nitrogens is 1. The van der Waals surface area contributed by atoms with Gasteiger partial charge in [-0.3, -0.25) is 14.6 Å². The van der Waals surface area contributed by atoms with Gasteiger partial charge >= 0.3 is 0 Å². The zero-order valence-corrected chi connectivity index (χ0v) is 16.9. The highest BCUT2D eigenvalue weighted by Crippen LogP contribution is 2.21. The van der Waals surface area contributed by atoms with E-state index < -0.39 is 15.9 Å². The van der Waals surface area contributed by atoms with E-state index >= 15 is 0 Å². The van der Waals surface area contributed by atoms with Gasteiger partial charge in [0.2, 0.25) is 0 Å². The van der Waals surface area contributed by atoms with Crippen molar-refractivity contribution in [3.8, 4) is 5.75 Å². The maximum absolute atomic E-state index is 12.8. The Hall–Kier alpha value is -3.33. The molecule has 0 aliphatic rings. The molecule has 0 saturated heterocycles. The van der Waals surface area contributed by atoms with Crippen LogP contribution in [-0.4, -0.2) is 31.1 Å². The van der Waals surface area contributed by atoms with Crippen molar-refractivity contribution in [3.05, 3.63) is 71.9 Å². The summed E-state index contributed by atoms with van der Waals surface area (Å²) in [6.07, 6.45) is 1.19. The Bertz CT molecular complexity index is 1060. The average molecular weight is 414 g/mol. The van der Waals surface area contributed by atoms with Crippen LogP contribution in [0.3, 0.4) is 0 Å². The third kappa shape index (κ3) is 4.94. The Kier molecular flexibility index (Phi) is 6.18. The number of carbonyl (C=O) groups excluding carboxylic acids is 1. The molecule has 8 nitrogen and oxygen atoms in total. The Labute approximate surface area is 169 Å². The first-order chi connectivity index (χ1) is 13.9. The van der Waals surface area contributed by atoms with Crippen LogP contribution < -0.4 is 14.8 Å². The van der Waals surface area contributed by atoms with Crippen molar-refractivity contribution in [1.82, 2.24) is 15.5 Å². The zero-order chi connectivity index (χ0) is 20.9. The van der Waals surface area contributed by atoms with Crippen molar-refractivity contribution >= 4 is 21.6 Å². The van der Waals surface area contributed by atoms with Crippen LogP contribution in [0.1, 0.15) is 35.8 Å². The molecule has 3 N–H and O–H groups in total. The Morgan fingerprint density at radius 2 is 1.83 bits per heavy atom. The van der Waals surface area contributed by atoms with E-state index in [0.717, 1.165) is 5.56 Å². The quantitative estimate of drug-likeness (QED) is 0.524. The lowest BCUT2D eigenvalue weighted by Gasteiger charge is -2.14. The molecule has 0 bridgehead atoms. The number of anilines is 1. The number of sulfonamides is 1. The summed E-state index contributed by atoms with van der Waals surface area (Å²) >= 11 is 0. The van der Waals surface area contributed by atoms with Gasteiger partial charge in [0.1, 0.15) is 5.75 Å². The van der Waals surface area contributed by atoms with E-state index in [4.69, 9.17) is 4.74 Å². The normalized spacial score (nSPS) is 12.2. The third-order valence-corrected chi connectivity index (χ3v) is 5.54. The van der Waals surface area contributed by atoms with Crippen LogP contribution in [0, 0.1) is 0 Å². The summed E-state index contributed by atoms with van der Waals surface area (Å²) in [7, 11) is -4.04. The average Bonchev–Trinajstić information content (AvgIpc) is 3.21. The Morgan fingerprint density at radius 3 is 2.48 bits per heavy atom. The maximum atomic E-state index is 12.8. The highest BCUT2D eigenvalue weighted by Gasteiger charge is 2.26. The topological polar surface area (TPSA) is 113 Å². The van der Waals surface area contributed by atoms with Gasteiger partial charge in [0, 0.05) is 5.69 Å². The molecule has 9 heteroatoms.